The van der Waals surface area contributed by atoms with Crippen LogP contribution in [-0.2, 0) is 6.54 Å². The van der Waals surface area contributed by atoms with Crippen molar-refractivity contribution < 1.29 is 0 Å². The minimum absolute atomic E-state index is 0.0102. The molecule has 1 fully saturated rings. The first-order valence-corrected chi connectivity index (χ1v) is 13.6. The van der Waals surface area contributed by atoms with E-state index in [1.165, 1.54) is 16.7 Å². The minimum atomic E-state index is -0.151. The molecule has 3 heterocycles. The molecule has 0 bridgehead atoms. The topological polar surface area (TPSA) is 64.3 Å². The Kier molecular flexibility index (Phi) is 7.68. The average Bonchev–Trinajstić information content (AvgIpc) is 2.97. The quantitative estimate of drug-likeness (QED) is 0.389. The van der Waals surface area contributed by atoms with E-state index in [0.29, 0.717) is 5.39 Å². The lowest BCUT2D eigenvalue weighted by Gasteiger charge is -2.35. The Bertz CT molecular complexity index is 1370. The number of nitrogens with one attached hydrogen (secondary N) is 2. The maximum Gasteiger partial charge on any atom is 0.272 e. The lowest BCUT2D eigenvalue weighted by molar-refractivity contribution is 0.132. The van der Waals surface area contributed by atoms with Gasteiger partial charge in [-0.1, -0.05) is 81.4 Å². The molecule has 2 atom stereocenters. The molecule has 0 spiro atoms. The summed E-state index contributed by atoms with van der Waals surface area (Å²) in [5.74, 6) is -0.0154. The van der Waals surface area contributed by atoms with Gasteiger partial charge in [-0.2, -0.15) is 5.10 Å². The van der Waals surface area contributed by atoms with Crippen molar-refractivity contribution in [1.29, 1.82) is 0 Å². The third-order valence-corrected chi connectivity index (χ3v) is 7.60. The summed E-state index contributed by atoms with van der Waals surface area (Å²) < 4.78 is 0. The molecule has 4 aromatic rings. The SMILES string of the molecule is CC.CCN1CCN(Cc2ccc(C3Nc4cccc5c(=O)[nH]nc(c45)C3c3ccccc3)cc2)CC1. The van der Waals surface area contributed by atoms with Crippen molar-refractivity contribution in [3.05, 3.63) is 106 Å². The molecule has 6 rings (SSSR count). The highest BCUT2D eigenvalue weighted by atomic mass is 16.1. The normalized spacial score (nSPS) is 19.6. The van der Waals surface area contributed by atoms with Gasteiger partial charge >= 0.3 is 0 Å². The Balaban J connectivity index is 0.00000137. The van der Waals surface area contributed by atoms with Gasteiger partial charge in [0.25, 0.3) is 5.56 Å². The van der Waals surface area contributed by atoms with Crippen LogP contribution in [0, 0.1) is 0 Å². The third kappa shape index (κ3) is 5.04. The number of rotatable bonds is 5. The summed E-state index contributed by atoms with van der Waals surface area (Å²) >= 11 is 0. The number of hydrogen-bond donors (Lipinski definition) is 2. The van der Waals surface area contributed by atoms with Crippen molar-refractivity contribution in [3.63, 3.8) is 0 Å². The molecule has 2 aliphatic heterocycles. The van der Waals surface area contributed by atoms with Gasteiger partial charge in [0.1, 0.15) is 0 Å². The number of piperazine rings is 1. The molecule has 2 N–H and O–H groups in total. The first kappa shape index (κ1) is 25.2. The van der Waals surface area contributed by atoms with Crippen LogP contribution in [0.5, 0.6) is 0 Å². The lowest BCUT2D eigenvalue weighted by Crippen LogP contribution is -2.45. The van der Waals surface area contributed by atoms with Crippen molar-refractivity contribution in [1.82, 2.24) is 20.0 Å². The van der Waals surface area contributed by atoms with E-state index < -0.39 is 0 Å². The Morgan fingerprint density at radius 3 is 2.24 bits per heavy atom. The van der Waals surface area contributed by atoms with Crippen LogP contribution in [0.1, 0.15) is 55.1 Å². The predicted octanol–water partition coefficient (Wildman–Crippen LogP) is 5.39. The van der Waals surface area contributed by atoms with Gasteiger partial charge in [0.15, 0.2) is 0 Å². The molecular formula is C31H37N5O. The Morgan fingerprint density at radius 2 is 1.54 bits per heavy atom. The number of nitrogens with zero attached hydrogens (tertiary/aromatic N) is 3. The summed E-state index contributed by atoms with van der Waals surface area (Å²) in [6.45, 7) is 12.9. The predicted molar refractivity (Wildman–Crippen MR) is 152 cm³/mol. The van der Waals surface area contributed by atoms with Crippen LogP contribution in [0.25, 0.3) is 10.8 Å². The lowest BCUT2D eigenvalue weighted by atomic mass is 9.80. The van der Waals surface area contributed by atoms with Crippen LogP contribution >= 0.6 is 0 Å². The van der Waals surface area contributed by atoms with E-state index in [1.807, 2.05) is 38.1 Å². The Morgan fingerprint density at radius 1 is 0.838 bits per heavy atom. The van der Waals surface area contributed by atoms with Crippen molar-refractivity contribution in [2.45, 2.75) is 39.3 Å². The van der Waals surface area contributed by atoms with Gasteiger partial charge in [0.05, 0.1) is 23.0 Å². The fraction of sp³-hybridized carbons (Fsp3) is 0.355. The minimum Gasteiger partial charge on any atom is -0.377 e. The van der Waals surface area contributed by atoms with Gasteiger partial charge in [-0.3, -0.25) is 9.69 Å². The maximum absolute atomic E-state index is 12.5. The van der Waals surface area contributed by atoms with Crippen molar-refractivity contribution in [2.24, 2.45) is 0 Å². The van der Waals surface area contributed by atoms with Crippen LogP contribution < -0.4 is 10.9 Å². The molecule has 6 heteroatoms. The number of hydrogen-bond acceptors (Lipinski definition) is 5. The summed E-state index contributed by atoms with van der Waals surface area (Å²) in [6.07, 6.45) is 0. The fourth-order valence-electron chi connectivity index (χ4n) is 5.64. The summed E-state index contributed by atoms with van der Waals surface area (Å²) in [7, 11) is 0. The molecule has 0 aliphatic carbocycles. The molecule has 3 aromatic carbocycles. The van der Waals surface area contributed by atoms with Crippen LogP contribution in [0.3, 0.4) is 0 Å². The molecule has 37 heavy (non-hydrogen) atoms. The standard InChI is InChI=1S/C29H31N5O.C2H6/c1-2-33-15-17-34(18-16-33)19-20-11-13-22(14-12-20)27-25(21-7-4-3-5-8-21)28-26-23(29(35)32-31-28)9-6-10-24(26)30-27;1-2/h3-14,25,27,30H,2,15-19H2,1H3,(H,32,35);1-2H3. The van der Waals surface area contributed by atoms with E-state index >= 15 is 0 Å². The number of benzene rings is 3. The second-order valence-electron chi connectivity index (χ2n) is 9.63. The summed E-state index contributed by atoms with van der Waals surface area (Å²) in [6, 6.07) is 25.4. The average molecular weight is 496 g/mol. The van der Waals surface area contributed by atoms with E-state index in [9.17, 15) is 4.79 Å². The maximum atomic E-state index is 12.5. The summed E-state index contributed by atoms with van der Waals surface area (Å²) in [4.78, 5) is 17.6. The van der Waals surface area contributed by atoms with E-state index in [2.05, 4.69) is 80.8 Å². The zero-order valence-corrected chi connectivity index (χ0v) is 22.1. The second-order valence-corrected chi connectivity index (χ2v) is 9.63. The monoisotopic (exact) mass is 495 g/mol. The Labute approximate surface area is 219 Å². The van der Waals surface area contributed by atoms with E-state index in [1.54, 1.807) is 0 Å². The molecule has 192 valence electrons. The smallest absolute Gasteiger partial charge is 0.272 e. The number of aromatic nitrogens is 2. The van der Waals surface area contributed by atoms with Gasteiger partial charge in [-0.05, 0) is 35.4 Å². The Hall–Kier alpha value is -3.48. The van der Waals surface area contributed by atoms with Crippen molar-refractivity contribution >= 4 is 16.5 Å². The summed E-state index contributed by atoms with van der Waals surface area (Å²) in [5, 5.41) is 12.7. The zero-order valence-electron chi connectivity index (χ0n) is 22.1. The van der Waals surface area contributed by atoms with E-state index in [-0.39, 0.29) is 17.5 Å². The van der Waals surface area contributed by atoms with Crippen molar-refractivity contribution in [3.8, 4) is 0 Å². The van der Waals surface area contributed by atoms with Crippen LogP contribution in [0.4, 0.5) is 5.69 Å². The van der Waals surface area contributed by atoms with Gasteiger partial charge < -0.3 is 10.2 Å². The molecular weight excluding hydrogens is 458 g/mol. The zero-order chi connectivity index (χ0) is 25.8. The van der Waals surface area contributed by atoms with Crippen LogP contribution in [0.15, 0.2) is 77.6 Å². The summed E-state index contributed by atoms with van der Waals surface area (Å²) in [5.41, 5.74) is 5.47. The van der Waals surface area contributed by atoms with Crippen LogP contribution in [0.2, 0.25) is 0 Å². The van der Waals surface area contributed by atoms with Crippen molar-refractivity contribution in [2.75, 3.05) is 38.0 Å². The molecule has 1 saturated heterocycles. The molecule has 6 nitrogen and oxygen atoms in total. The first-order chi connectivity index (χ1) is 18.2. The fourth-order valence-corrected chi connectivity index (χ4v) is 5.64. The van der Waals surface area contributed by atoms with Gasteiger partial charge in [-0.25, -0.2) is 5.10 Å². The highest BCUT2D eigenvalue weighted by molar-refractivity contribution is 5.97. The van der Waals surface area contributed by atoms with Gasteiger partial charge in [-0.15, -0.1) is 0 Å². The molecule has 1 aromatic heterocycles. The largest absolute Gasteiger partial charge is 0.377 e. The van der Waals surface area contributed by atoms with Gasteiger partial charge in [0, 0.05) is 43.8 Å². The molecule has 0 saturated carbocycles. The highest BCUT2D eigenvalue weighted by Gasteiger charge is 2.34. The second kappa shape index (κ2) is 11.3. The van der Waals surface area contributed by atoms with Crippen LogP contribution in [-0.4, -0.2) is 52.7 Å². The molecule has 2 aliphatic rings. The number of H-pyrrole nitrogens is 1. The number of likely N-dealkylation sites (N-methyl/N-ethyl adjacent to an activating group) is 1. The molecule has 0 amide bonds. The van der Waals surface area contributed by atoms with Gasteiger partial charge in [0.2, 0.25) is 0 Å². The number of aromatic amines is 1. The molecule has 0 radical (unpaired) electrons. The number of anilines is 1. The van der Waals surface area contributed by atoms with E-state index in [4.69, 9.17) is 0 Å². The molecule has 2 unspecified atom stereocenters. The third-order valence-electron chi connectivity index (χ3n) is 7.60. The van der Waals surface area contributed by atoms with E-state index in [0.717, 1.165) is 56.0 Å². The first-order valence-electron chi connectivity index (χ1n) is 13.6. The highest BCUT2D eigenvalue weighted by Crippen LogP contribution is 2.46.